The van der Waals surface area contributed by atoms with E-state index < -0.39 is 10.0 Å². The van der Waals surface area contributed by atoms with E-state index in [1.807, 2.05) is 0 Å². The Morgan fingerprint density at radius 1 is 1.00 bits per heavy atom. The summed E-state index contributed by atoms with van der Waals surface area (Å²) in [6, 6.07) is 7.12. The van der Waals surface area contributed by atoms with Crippen LogP contribution in [0, 0.1) is 0 Å². The minimum Gasteiger partial charge on any atom is -0.399 e. The van der Waals surface area contributed by atoms with E-state index in [1.54, 1.807) is 24.3 Å². The van der Waals surface area contributed by atoms with Gasteiger partial charge in [0, 0.05) is 11.7 Å². The van der Waals surface area contributed by atoms with E-state index in [2.05, 4.69) is 4.72 Å². The second-order valence-corrected chi connectivity index (χ2v) is 7.41. The van der Waals surface area contributed by atoms with E-state index in [1.165, 1.54) is 19.3 Å². The first-order valence-corrected chi connectivity index (χ1v) is 9.05. The van der Waals surface area contributed by atoms with Gasteiger partial charge in [0.1, 0.15) is 0 Å². The predicted molar refractivity (Wildman–Crippen MR) is 82.7 cm³/mol. The Morgan fingerprint density at radius 3 is 2.15 bits per heavy atom. The van der Waals surface area contributed by atoms with Crippen LogP contribution in [0.25, 0.3) is 0 Å². The summed E-state index contributed by atoms with van der Waals surface area (Å²) in [6.07, 6.45) is 7.88. The van der Waals surface area contributed by atoms with E-state index in [4.69, 9.17) is 5.73 Å². The number of nitrogens with one attached hydrogen (secondary N) is 1. The van der Waals surface area contributed by atoms with Gasteiger partial charge >= 0.3 is 0 Å². The standard InChI is InChI=1S/C15H24N2O2S/c16-14-10-8-13(9-11-14)12-20(18,19)17-15-6-4-2-1-3-5-7-15/h8-11,15,17H,1-7,12,16H2. The largest absolute Gasteiger partial charge is 0.399 e. The molecule has 0 atom stereocenters. The molecule has 1 saturated carbocycles. The zero-order chi connectivity index (χ0) is 14.4. The molecule has 5 heteroatoms. The van der Waals surface area contributed by atoms with Crippen LogP contribution in [0.15, 0.2) is 24.3 Å². The highest BCUT2D eigenvalue weighted by molar-refractivity contribution is 7.88. The van der Waals surface area contributed by atoms with Gasteiger partial charge in [0.05, 0.1) is 5.75 Å². The Hall–Kier alpha value is -1.07. The van der Waals surface area contributed by atoms with Gasteiger partial charge in [-0.1, -0.05) is 44.2 Å². The Bertz CT molecular complexity index is 503. The zero-order valence-corrected chi connectivity index (χ0v) is 12.7. The van der Waals surface area contributed by atoms with Crippen LogP contribution in [0.4, 0.5) is 5.69 Å². The first-order valence-electron chi connectivity index (χ1n) is 7.39. The summed E-state index contributed by atoms with van der Waals surface area (Å²) in [5.41, 5.74) is 7.03. The quantitative estimate of drug-likeness (QED) is 0.839. The first-order chi connectivity index (χ1) is 9.55. The maximum Gasteiger partial charge on any atom is 0.216 e. The van der Waals surface area contributed by atoms with Crippen molar-refractivity contribution in [2.75, 3.05) is 5.73 Å². The summed E-state index contributed by atoms with van der Waals surface area (Å²) in [7, 11) is -3.27. The lowest BCUT2D eigenvalue weighted by molar-refractivity contribution is 0.426. The number of hydrogen-bond acceptors (Lipinski definition) is 3. The highest BCUT2D eigenvalue weighted by Crippen LogP contribution is 2.18. The van der Waals surface area contributed by atoms with Crippen LogP contribution >= 0.6 is 0 Å². The molecular weight excluding hydrogens is 272 g/mol. The topological polar surface area (TPSA) is 72.2 Å². The van der Waals surface area contributed by atoms with Crippen LogP contribution < -0.4 is 10.5 Å². The SMILES string of the molecule is Nc1ccc(CS(=O)(=O)NC2CCCCCCC2)cc1. The molecule has 0 aromatic heterocycles. The lowest BCUT2D eigenvalue weighted by atomic mass is 9.97. The molecule has 0 saturated heterocycles. The maximum atomic E-state index is 12.2. The molecule has 0 aliphatic heterocycles. The molecule has 1 aromatic rings. The van der Waals surface area contributed by atoms with E-state index in [0.29, 0.717) is 5.69 Å². The van der Waals surface area contributed by atoms with Crippen molar-refractivity contribution >= 4 is 15.7 Å². The predicted octanol–water partition coefficient (Wildman–Crippen LogP) is 2.80. The third-order valence-corrected chi connectivity index (χ3v) is 5.19. The van der Waals surface area contributed by atoms with Crippen LogP contribution in [0.3, 0.4) is 0 Å². The third-order valence-electron chi connectivity index (χ3n) is 3.79. The molecule has 4 nitrogen and oxygen atoms in total. The summed E-state index contributed by atoms with van der Waals surface area (Å²) in [6.45, 7) is 0. The highest BCUT2D eigenvalue weighted by atomic mass is 32.2. The monoisotopic (exact) mass is 296 g/mol. The van der Waals surface area contributed by atoms with Gasteiger partial charge in [-0.3, -0.25) is 0 Å². The number of anilines is 1. The normalized spacial score (nSPS) is 18.4. The van der Waals surface area contributed by atoms with Gasteiger partial charge in [0.2, 0.25) is 10.0 Å². The molecule has 112 valence electrons. The number of rotatable bonds is 4. The first kappa shape index (κ1) is 15.3. The van der Waals surface area contributed by atoms with Crippen LogP contribution in [-0.2, 0) is 15.8 Å². The van der Waals surface area contributed by atoms with Crippen LogP contribution in [0.5, 0.6) is 0 Å². The maximum absolute atomic E-state index is 12.2. The molecule has 3 N–H and O–H groups in total. The average Bonchev–Trinajstić information content (AvgIpc) is 2.35. The van der Waals surface area contributed by atoms with Crippen LogP contribution in [0.1, 0.15) is 50.5 Å². The lowest BCUT2D eigenvalue weighted by Gasteiger charge is -2.21. The Kier molecular flexibility index (Phi) is 5.43. The van der Waals surface area contributed by atoms with Crippen LogP contribution in [0.2, 0.25) is 0 Å². The molecule has 1 aliphatic carbocycles. The molecule has 20 heavy (non-hydrogen) atoms. The number of hydrogen-bond donors (Lipinski definition) is 2. The summed E-state index contributed by atoms with van der Waals surface area (Å²) >= 11 is 0. The van der Waals surface area contributed by atoms with E-state index >= 15 is 0 Å². The van der Waals surface area contributed by atoms with Crippen molar-refractivity contribution in [3.05, 3.63) is 29.8 Å². The molecule has 1 fully saturated rings. The number of nitrogen functional groups attached to an aromatic ring is 1. The Labute approximate surface area is 121 Å². The molecule has 0 bridgehead atoms. The molecule has 1 aromatic carbocycles. The van der Waals surface area contributed by atoms with Gasteiger partial charge in [-0.2, -0.15) is 0 Å². The summed E-state index contributed by atoms with van der Waals surface area (Å²) in [5.74, 6) is 0.0315. The molecule has 2 rings (SSSR count). The number of benzene rings is 1. The van der Waals surface area contributed by atoms with Gasteiger partial charge in [-0.15, -0.1) is 0 Å². The number of sulfonamides is 1. The Balaban J connectivity index is 1.93. The van der Waals surface area contributed by atoms with Crippen molar-refractivity contribution in [1.82, 2.24) is 4.72 Å². The van der Waals surface area contributed by atoms with E-state index in [-0.39, 0.29) is 11.8 Å². The smallest absolute Gasteiger partial charge is 0.216 e. The van der Waals surface area contributed by atoms with E-state index in [9.17, 15) is 8.42 Å². The Morgan fingerprint density at radius 2 is 1.55 bits per heavy atom. The zero-order valence-electron chi connectivity index (χ0n) is 11.8. The highest BCUT2D eigenvalue weighted by Gasteiger charge is 2.19. The van der Waals surface area contributed by atoms with Crippen molar-refractivity contribution < 1.29 is 8.42 Å². The fourth-order valence-electron chi connectivity index (χ4n) is 2.70. The van der Waals surface area contributed by atoms with Crippen molar-refractivity contribution in [2.24, 2.45) is 0 Å². The second kappa shape index (κ2) is 7.09. The molecule has 0 radical (unpaired) electrons. The van der Waals surface area contributed by atoms with Crippen LogP contribution in [-0.4, -0.2) is 14.5 Å². The van der Waals surface area contributed by atoms with Gasteiger partial charge in [-0.25, -0.2) is 13.1 Å². The van der Waals surface area contributed by atoms with E-state index in [0.717, 1.165) is 31.2 Å². The molecular formula is C15H24N2O2S. The van der Waals surface area contributed by atoms with Gasteiger partial charge in [0.15, 0.2) is 0 Å². The molecule has 0 amide bonds. The van der Waals surface area contributed by atoms with Gasteiger partial charge in [0.25, 0.3) is 0 Å². The molecule has 1 aliphatic rings. The lowest BCUT2D eigenvalue weighted by Crippen LogP contribution is -2.36. The summed E-state index contributed by atoms with van der Waals surface area (Å²) in [5, 5.41) is 0. The van der Waals surface area contributed by atoms with Crippen molar-refractivity contribution in [3.63, 3.8) is 0 Å². The average molecular weight is 296 g/mol. The summed E-state index contributed by atoms with van der Waals surface area (Å²) in [4.78, 5) is 0. The minimum atomic E-state index is -3.27. The fraction of sp³-hybridized carbons (Fsp3) is 0.600. The number of nitrogens with two attached hydrogens (primary N) is 1. The molecule has 0 spiro atoms. The third kappa shape index (κ3) is 5.13. The summed E-state index contributed by atoms with van der Waals surface area (Å²) < 4.78 is 27.3. The van der Waals surface area contributed by atoms with Gasteiger partial charge < -0.3 is 5.73 Å². The van der Waals surface area contributed by atoms with Crippen molar-refractivity contribution in [2.45, 2.75) is 56.7 Å². The van der Waals surface area contributed by atoms with Crippen molar-refractivity contribution in [1.29, 1.82) is 0 Å². The van der Waals surface area contributed by atoms with Crippen molar-refractivity contribution in [3.8, 4) is 0 Å². The van der Waals surface area contributed by atoms with Gasteiger partial charge in [-0.05, 0) is 30.5 Å². The minimum absolute atomic E-state index is 0.0315. The molecule has 0 unspecified atom stereocenters. The molecule has 0 heterocycles. The second-order valence-electron chi connectivity index (χ2n) is 5.66. The fourth-order valence-corrected chi connectivity index (χ4v) is 4.16.